The Morgan fingerprint density at radius 2 is 1.65 bits per heavy atom. The highest BCUT2D eigenvalue weighted by Crippen LogP contribution is 2.27. The van der Waals surface area contributed by atoms with Crippen molar-refractivity contribution in [1.29, 1.82) is 0 Å². The van der Waals surface area contributed by atoms with Crippen LogP contribution in [0.1, 0.15) is 16.1 Å². The van der Waals surface area contributed by atoms with Crippen LogP contribution in [0.5, 0.6) is 0 Å². The summed E-state index contributed by atoms with van der Waals surface area (Å²) in [7, 11) is 0. The third kappa shape index (κ3) is 4.58. The number of amides is 1. The van der Waals surface area contributed by atoms with Gasteiger partial charge in [0.05, 0.1) is 17.0 Å². The van der Waals surface area contributed by atoms with Crippen LogP contribution in [0.4, 0.5) is 5.69 Å². The van der Waals surface area contributed by atoms with Crippen molar-refractivity contribution in [2.75, 3.05) is 37.6 Å². The number of benzene rings is 2. The first-order chi connectivity index (χ1) is 16.7. The first kappa shape index (κ1) is 21.9. The molecule has 1 amide bonds. The number of pyridine rings is 1. The lowest BCUT2D eigenvalue weighted by molar-refractivity contribution is 0.0957. The van der Waals surface area contributed by atoms with Gasteiger partial charge in [0.2, 0.25) is 0 Å². The van der Waals surface area contributed by atoms with Crippen molar-refractivity contribution in [2.24, 2.45) is 0 Å². The first-order valence-electron chi connectivity index (χ1n) is 11.7. The number of rotatable bonds is 7. The second kappa shape index (κ2) is 9.93. The Morgan fingerprint density at radius 3 is 2.35 bits per heavy atom. The molecule has 0 radical (unpaired) electrons. The van der Waals surface area contributed by atoms with E-state index in [1.807, 2.05) is 36.5 Å². The van der Waals surface area contributed by atoms with Crippen LogP contribution in [0, 0.1) is 0 Å². The molecule has 1 aliphatic rings. The van der Waals surface area contributed by atoms with Crippen LogP contribution < -0.4 is 10.2 Å². The molecule has 5 rings (SSSR count). The summed E-state index contributed by atoms with van der Waals surface area (Å²) in [5.74, 6) is -0.112. The molecule has 34 heavy (non-hydrogen) atoms. The number of nitrogens with one attached hydrogen (secondary N) is 1. The summed E-state index contributed by atoms with van der Waals surface area (Å²) in [5.41, 5.74) is 5.89. The molecule has 1 N–H and O–H groups in total. The van der Waals surface area contributed by atoms with Crippen LogP contribution in [0.15, 0.2) is 91.6 Å². The highest BCUT2D eigenvalue weighted by molar-refractivity contribution is 5.94. The molecule has 4 aromatic rings. The van der Waals surface area contributed by atoms with Gasteiger partial charge >= 0.3 is 0 Å². The van der Waals surface area contributed by atoms with E-state index in [1.54, 1.807) is 6.08 Å². The fourth-order valence-electron chi connectivity index (χ4n) is 4.49. The smallest absolute Gasteiger partial charge is 0.253 e. The van der Waals surface area contributed by atoms with E-state index in [1.165, 1.54) is 5.69 Å². The molecule has 2 aromatic carbocycles. The van der Waals surface area contributed by atoms with E-state index in [2.05, 4.69) is 68.6 Å². The molecule has 0 spiro atoms. The lowest BCUT2D eigenvalue weighted by Gasteiger charge is -2.36. The first-order valence-corrected chi connectivity index (χ1v) is 11.7. The minimum Gasteiger partial charge on any atom is -0.369 e. The molecule has 3 heterocycles. The third-order valence-corrected chi connectivity index (χ3v) is 6.30. The Hall–Kier alpha value is -3.90. The van der Waals surface area contributed by atoms with Crippen LogP contribution in [0.3, 0.4) is 0 Å². The highest BCUT2D eigenvalue weighted by atomic mass is 16.1. The average molecular weight is 452 g/mol. The van der Waals surface area contributed by atoms with Crippen LogP contribution >= 0.6 is 0 Å². The summed E-state index contributed by atoms with van der Waals surface area (Å²) in [6.07, 6.45) is 3.59. The van der Waals surface area contributed by atoms with Gasteiger partial charge in [-0.25, -0.2) is 4.98 Å². The number of imidazole rings is 1. The fourth-order valence-corrected chi connectivity index (χ4v) is 4.49. The van der Waals surface area contributed by atoms with E-state index in [9.17, 15) is 4.79 Å². The topological polar surface area (TPSA) is 52.9 Å². The van der Waals surface area contributed by atoms with E-state index in [-0.39, 0.29) is 5.91 Å². The Labute approximate surface area is 200 Å². The molecule has 0 unspecified atom stereocenters. The number of anilines is 1. The summed E-state index contributed by atoms with van der Waals surface area (Å²) in [6.45, 7) is 8.79. The second-order valence-electron chi connectivity index (χ2n) is 8.52. The maximum absolute atomic E-state index is 12.6. The van der Waals surface area contributed by atoms with Gasteiger partial charge in [-0.3, -0.25) is 9.69 Å². The summed E-state index contributed by atoms with van der Waals surface area (Å²) in [6, 6.07) is 24.6. The van der Waals surface area contributed by atoms with Gasteiger partial charge in [-0.15, -0.1) is 6.58 Å². The predicted molar refractivity (Wildman–Crippen MR) is 137 cm³/mol. The molecule has 1 saturated heterocycles. The van der Waals surface area contributed by atoms with Crippen molar-refractivity contribution in [3.05, 3.63) is 103 Å². The SMILES string of the molecule is C=CCNC(=O)c1ccc2nc(-c3ccccc3)c(CN3CCN(c4ccccc4)CC3)n2c1. The van der Waals surface area contributed by atoms with Gasteiger partial charge in [0.1, 0.15) is 5.65 Å². The van der Waals surface area contributed by atoms with Crippen molar-refractivity contribution < 1.29 is 4.79 Å². The average Bonchev–Trinajstić information content (AvgIpc) is 3.26. The van der Waals surface area contributed by atoms with Crippen molar-refractivity contribution in [3.8, 4) is 11.3 Å². The zero-order chi connectivity index (χ0) is 23.3. The molecule has 172 valence electrons. The van der Waals surface area contributed by atoms with Crippen molar-refractivity contribution in [2.45, 2.75) is 6.54 Å². The van der Waals surface area contributed by atoms with Gasteiger partial charge in [-0.1, -0.05) is 54.6 Å². The van der Waals surface area contributed by atoms with Crippen LogP contribution in [0.25, 0.3) is 16.9 Å². The number of hydrogen-bond acceptors (Lipinski definition) is 4. The maximum Gasteiger partial charge on any atom is 0.253 e. The van der Waals surface area contributed by atoms with Crippen molar-refractivity contribution in [3.63, 3.8) is 0 Å². The normalized spacial score (nSPS) is 14.3. The molecular weight excluding hydrogens is 422 g/mol. The maximum atomic E-state index is 12.6. The Kier molecular flexibility index (Phi) is 6.40. The summed E-state index contributed by atoms with van der Waals surface area (Å²) in [4.78, 5) is 22.4. The third-order valence-electron chi connectivity index (χ3n) is 6.30. The second-order valence-corrected chi connectivity index (χ2v) is 8.52. The largest absolute Gasteiger partial charge is 0.369 e. The van der Waals surface area contributed by atoms with E-state index in [4.69, 9.17) is 4.98 Å². The van der Waals surface area contributed by atoms with Gasteiger partial charge in [0, 0.05) is 56.7 Å². The molecular formula is C28H29N5O. The molecule has 0 bridgehead atoms. The molecule has 0 saturated carbocycles. The number of fused-ring (bicyclic) bond motifs is 1. The van der Waals surface area contributed by atoms with Gasteiger partial charge < -0.3 is 14.6 Å². The minimum atomic E-state index is -0.112. The number of para-hydroxylation sites is 1. The zero-order valence-corrected chi connectivity index (χ0v) is 19.2. The molecule has 1 aliphatic heterocycles. The van der Waals surface area contributed by atoms with E-state index in [0.29, 0.717) is 12.1 Å². The number of carbonyl (C=O) groups excluding carboxylic acids is 1. The molecule has 2 aromatic heterocycles. The Morgan fingerprint density at radius 1 is 0.941 bits per heavy atom. The predicted octanol–water partition coefficient (Wildman–Crippen LogP) is 4.24. The zero-order valence-electron chi connectivity index (χ0n) is 19.2. The molecule has 1 fully saturated rings. The lowest BCUT2D eigenvalue weighted by Crippen LogP contribution is -2.46. The Balaban J connectivity index is 1.44. The standard InChI is InChI=1S/C28H29N5O/c1-2-15-29-28(34)23-13-14-26-30-27(22-9-5-3-6-10-22)25(33(26)20-23)21-31-16-18-32(19-17-31)24-11-7-4-8-12-24/h2-14,20H,1,15-19,21H2,(H,29,34). The van der Waals surface area contributed by atoms with Gasteiger partial charge in [-0.2, -0.15) is 0 Å². The summed E-state index contributed by atoms with van der Waals surface area (Å²) < 4.78 is 2.08. The Bertz CT molecular complexity index is 1270. The summed E-state index contributed by atoms with van der Waals surface area (Å²) in [5, 5.41) is 2.87. The molecule has 6 nitrogen and oxygen atoms in total. The van der Waals surface area contributed by atoms with Gasteiger partial charge in [-0.05, 0) is 24.3 Å². The van der Waals surface area contributed by atoms with Crippen LogP contribution in [-0.4, -0.2) is 52.9 Å². The van der Waals surface area contributed by atoms with Crippen LogP contribution in [-0.2, 0) is 6.54 Å². The minimum absolute atomic E-state index is 0.112. The van der Waals surface area contributed by atoms with Gasteiger partial charge in [0.25, 0.3) is 5.91 Å². The van der Waals surface area contributed by atoms with E-state index in [0.717, 1.165) is 55.3 Å². The van der Waals surface area contributed by atoms with Gasteiger partial charge in [0.15, 0.2) is 0 Å². The van der Waals surface area contributed by atoms with E-state index < -0.39 is 0 Å². The monoisotopic (exact) mass is 451 g/mol. The molecule has 0 atom stereocenters. The fraction of sp³-hybridized carbons (Fsp3) is 0.214. The molecule has 0 aliphatic carbocycles. The number of hydrogen-bond donors (Lipinski definition) is 1. The number of nitrogens with zero attached hydrogens (tertiary/aromatic N) is 4. The van der Waals surface area contributed by atoms with Crippen molar-refractivity contribution >= 4 is 17.2 Å². The number of aromatic nitrogens is 2. The summed E-state index contributed by atoms with van der Waals surface area (Å²) >= 11 is 0. The van der Waals surface area contributed by atoms with E-state index >= 15 is 0 Å². The lowest BCUT2D eigenvalue weighted by atomic mass is 10.1. The van der Waals surface area contributed by atoms with Crippen LogP contribution in [0.2, 0.25) is 0 Å². The highest BCUT2D eigenvalue weighted by Gasteiger charge is 2.22. The quantitative estimate of drug-likeness (QED) is 0.427. The molecule has 6 heteroatoms. The number of piperazine rings is 1. The number of carbonyl (C=O) groups is 1. The van der Waals surface area contributed by atoms with Crippen molar-refractivity contribution in [1.82, 2.24) is 19.6 Å².